The Bertz CT molecular complexity index is 805. The minimum atomic E-state index is 0.0831. The number of rotatable bonds is 3. The van der Waals surface area contributed by atoms with Crippen LogP contribution < -0.4 is 10.6 Å². The van der Waals surface area contributed by atoms with Crippen LogP contribution >= 0.6 is 11.8 Å². The third kappa shape index (κ3) is 3.09. The average Bonchev–Trinajstić information content (AvgIpc) is 3.16. The molecular formula is C16H21N7OS. The Morgan fingerprint density at radius 2 is 2.24 bits per heavy atom. The molecule has 4 heterocycles. The van der Waals surface area contributed by atoms with E-state index in [1.165, 1.54) is 6.33 Å². The maximum Gasteiger partial charge on any atom is 0.262 e. The number of imidazole rings is 1. The zero-order valence-corrected chi connectivity index (χ0v) is 14.7. The van der Waals surface area contributed by atoms with Gasteiger partial charge in [-0.1, -0.05) is 0 Å². The Morgan fingerprint density at radius 3 is 3.12 bits per heavy atom. The van der Waals surface area contributed by atoms with Crippen LogP contribution in [0.2, 0.25) is 0 Å². The molecule has 1 saturated heterocycles. The van der Waals surface area contributed by atoms with Crippen LogP contribution in [0, 0.1) is 0 Å². The molecule has 4 rings (SSSR count). The van der Waals surface area contributed by atoms with Crippen molar-refractivity contribution in [3.8, 4) is 0 Å². The number of nitrogens with one attached hydrogen (secondary N) is 1. The number of piperidine rings is 1. The molecule has 2 aliphatic rings. The highest BCUT2D eigenvalue weighted by atomic mass is 32.2. The van der Waals surface area contributed by atoms with Crippen molar-refractivity contribution in [3.05, 3.63) is 23.8 Å². The molecule has 0 aliphatic carbocycles. The highest BCUT2D eigenvalue weighted by molar-refractivity contribution is 8.04. The van der Waals surface area contributed by atoms with Gasteiger partial charge in [0.1, 0.15) is 11.8 Å². The second-order valence-electron chi connectivity index (χ2n) is 6.22. The van der Waals surface area contributed by atoms with Crippen molar-refractivity contribution in [1.82, 2.24) is 24.8 Å². The van der Waals surface area contributed by atoms with Crippen LogP contribution in [-0.2, 0) is 4.79 Å². The highest BCUT2D eigenvalue weighted by Gasteiger charge is 2.30. The molecule has 0 aromatic carbocycles. The van der Waals surface area contributed by atoms with Crippen LogP contribution in [0.1, 0.15) is 19.3 Å². The Labute approximate surface area is 149 Å². The molecule has 1 amide bonds. The lowest BCUT2D eigenvalue weighted by Gasteiger charge is -2.36. The number of anilines is 1. The van der Waals surface area contributed by atoms with Crippen LogP contribution in [-0.4, -0.2) is 62.2 Å². The van der Waals surface area contributed by atoms with Gasteiger partial charge in [-0.25, -0.2) is 15.0 Å². The summed E-state index contributed by atoms with van der Waals surface area (Å²) in [5, 5.41) is 0. The van der Waals surface area contributed by atoms with Crippen molar-refractivity contribution in [2.75, 3.05) is 30.3 Å². The number of carbonyl (C=O) groups excluding carboxylic acids is 1. The van der Waals surface area contributed by atoms with Gasteiger partial charge in [-0.2, -0.15) is 0 Å². The number of H-pyrrole nitrogens is 1. The third-order valence-corrected chi connectivity index (χ3v) is 5.69. The Balaban J connectivity index is 1.62. The number of aromatic nitrogens is 4. The van der Waals surface area contributed by atoms with E-state index in [0.717, 1.165) is 54.3 Å². The molecule has 9 heteroatoms. The summed E-state index contributed by atoms with van der Waals surface area (Å²) in [7, 11) is 0. The minimum absolute atomic E-state index is 0.0831. The molecule has 0 saturated carbocycles. The average molecular weight is 359 g/mol. The van der Waals surface area contributed by atoms with E-state index in [2.05, 4.69) is 19.9 Å². The van der Waals surface area contributed by atoms with Crippen molar-refractivity contribution in [1.29, 1.82) is 0 Å². The molecular weight excluding hydrogens is 338 g/mol. The van der Waals surface area contributed by atoms with Gasteiger partial charge in [-0.15, -0.1) is 11.8 Å². The number of nitrogens with two attached hydrogens (primary N) is 1. The second kappa shape index (κ2) is 7.01. The number of amides is 1. The quantitative estimate of drug-likeness (QED) is 0.845. The number of likely N-dealkylation sites (tertiary alicyclic amines) is 1. The fourth-order valence-electron chi connectivity index (χ4n) is 3.41. The monoisotopic (exact) mass is 359 g/mol. The molecule has 2 aromatic heterocycles. The molecule has 2 aromatic rings. The van der Waals surface area contributed by atoms with Gasteiger partial charge in [-0.3, -0.25) is 4.79 Å². The van der Waals surface area contributed by atoms with Gasteiger partial charge in [0.2, 0.25) is 0 Å². The SMILES string of the molecule is NC[C@@H]1CCCCN1C(=O)C1=CN(c2ncnc3nc[nH]c23)CCS1. The summed E-state index contributed by atoms with van der Waals surface area (Å²) in [6, 6.07) is 0.150. The molecule has 25 heavy (non-hydrogen) atoms. The van der Waals surface area contributed by atoms with E-state index in [-0.39, 0.29) is 11.9 Å². The van der Waals surface area contributed by atoms with Crippen LogP contribution in [0.4, 0.5) is 5.82 Å². The molecule has 0 radical (unpaired) electrons. The Morgan fingerprint density at radius 1 is 1.32 bits per heavy atom. The second-order valence-corrected chi connectivity index (χ2v) is 7.35. The minimum Gasteiger partial charge on any atom is -0.340 e. The van der Waals surface area contributed by atoms with Gasteiger partial charge in [0, 0.05) is 37.6 Å². The number of nitrogens with zero attached hydrogens (tertiary/aromatic N) is 5. The maximum absolute atomic E-state index is 13.0. The van der Waals surface area contributed by atoms with E-state index in [0.29, 0.717) is 12.2 Å². The molecule has 1 atom stereocenters. The van der Waals surface area contributed by atoms with Crippen molar-refractivity contribution >= 4 is 34.7 Å². The number of hydrogen-bond donors (Lipinski definition) is 2. The summed E-state index contributed by atoms with van der Waals surface area (Å²) in [6.45, 7) is 2.10. The van der Waals surface area contributed by atoms with E-state index in [4.69, 9.17) is 5.73 Å². The lowest BCUT2D eigenvalue weighted by Crippen LogP contribution is -2.48. The number of fused-ring (bicyclic) bond motifs is 1. The lowest BCUT2D eigenvalue weighted by atomic mass is 10.0. The molecule has 8 nitrogen and oxygen atoms in total. The summed E-state index contributed by atoms with van der Waals surface area (Å²) in [6.07, 6.45) is 8.20. The zero-order chi connectivity index (χ0) is 17.2. The van der Waals surface area contributed by atoms with Crippen molar-refractivity contribution in [2.45, 2.75) is 25.3 Å². The molecule has 132 valence electrons. The third-order valence-electron chi connectivity index (χ3n) is 4.71. The maximum atomic E-state index is 13.0. The topological polar surface area (TPSA) is 104 Å². The molecule has 0 bridgehead atoms. The zero-order valence-electron chi connectivity index (χ0n) is 13.9. The van der Waals surface area contributed by atoms with Gasteiger partial charge in [0.05, 0.1) is 11.2 Å². The summed E-state index contributed by atoms with van der Waals surface area (Å²) in [5.41, 5.74) is 7.29. The van der Waals surface area contributed by atoms with Crippen LogP contribution in [0.25, 0.3) is 11.2 Å². The Kier molecular flexibility index (Phi) is 4.58. The van der Waals surface area contributed by atoms with E-state index in [1.807, 2.05) is 16.0 Å². The first-order chi connectivity index (χ1) is 12.3. The Hall–Kier alpha value is -2.13. The normalized spacial score (nSPS) is 21.5. The van der Waals surface area contributed by atoms with Crippen LogP contribution in [0.5, 0.6) is 0 Å². The summed E-state index contributed by atoms with van der Waals surface area (Å²) in [4.78, 5) is 33.5. The summed E-state index contributed by atoms with van der Waals surface area (Å²) >= 11 is 1.60. The van der Waals surface area contributed by atoms with E-state index in [9.17, 15) is 4.79 Å². The first-order valence-electron chi connectivity index (χ1n) is 8.54. The van der Waals surface area contributed by atoms with Gasteiger partial charge in [-0.05, 0) is 19.3 Å². The van der Waals surface area contributed by atoms with Gasteiger partial charge in [0.15, 0.2) is 11.5 Å². The van der Waals surface area contributed by atoms with Gasteiger partial charge in [0.25, 0.3) is 5.91 Å². The predicted octanol–water partition coefficient (Wildman–Crippen LogP) is 1.09. The number of carbonyl (C=O) groups is 1. The number of hydrogen-bond acceptors (Lipinski definition) is 7. The van der Waals surface area contributed by atoms with Gasteiger partial charge < -0.3 is 20.5 Å². The fourth-order valence-corrected chi connectivity index (χ4v) is 4.36. The number of thioether (sulfide) groups is 1. The predicted molar refractivity (Wildman–Crippen MR) is 98.0 cm³/mol. The molecule has 2 aliphatic heterocycles. The van der Waals surface area contributed by atoms with E-state index < -0.39 is 0 Å². The summed E-state index contributed by atoms with van der Waals surface area (Å²) < 4.78 is 0. The number of aromatic amines is 1. The fraction of sp³-hybridized carbons (Fsp3) is 0.500. The van der Waals surface area contributed by atoms with E-state index >= 15 is 0 Å². The van der Waals surface area contributed by atoms with Gasteiger partial charge >= 0.3 is 0 Å². The van der Waals surface area contributed by atoms with Crippen LogP contribution in [0.15, 0.2) is 23.8 Å². The van der Waals surface area contributed by atoms with Crippen molar-refractivity contribution in [3.63, 3.8) is 0 Å². The lowest BCUT2D eigenvalue weighted by molar-refractivity contribution is -0.129. The standard InChI is InChI=1S/C16H21N7OS/c17-7-11-3-1-2-4-23(11)16(24)12-8-22(5-6-25-12)15-13-14(19-9-18-13)20-10-21-15/h8-11H,1-7,17H2,(H,18,19,20,21)/t11-/m0/s1. The molecule has 0 spiro atoms. The smallest absolute Gasteiger partial charge is 0.262 e. The molecule has 1 fully saturated rings. The molecule has 0 unspecified atom stereocenters. The highest BCUT2D eigenvalue weighted by Crippen LogP contribution is 2.30. The largest absolute Gasteiger partial charge is 0.340 e. The summed E-state index contributed by atoms with van der Waals surface area (Å²) in [5.74, 6) is 1.67. The first kappa shape index (κ1) is 16.3. The van der Waals surface area contributed by atoms with E-state index in [1.54, 1.807) is 18.1 Å². The van der Waals surface area contributed by atoms with Crippen molar-refractivity contribution < 1.29 is 4.79 Å². The van der Waals surface area contributed by atoms with Crippen molar-refractivity contribution in [2.24, 2.45) is 5.73 Å². The first-order valence-corrected chi connectivity index (χ1v) is 9.53. The molecule has 3 N–H and O–H groups in total. The van der Waals surface area contributed by atoms with Crippen LogP contribution in [0.3, 0.4) is 0 Å².